The maximum absolute atomic E-state index is 12.1. The van der Waals surface area contributed by atoms with Gasteiger partial charge in [-0.1, -0.05) is 12.1 Å². The fraction of sp³-hybridized carbons (Fsp3) is 0.500. The first-order valence-corrected chi connectivity index (χ1v) is 6.89. The van der Waals surface area contributed by atoms with Crippen LogP contribution in [0.15, 0.2) is 29.3 Å². The number of guanidine groups is 1. The molecule has 0 bridgehead atoms. The molecule has 4 nitrogen and oxygen atoms in total. The van der Waals surface area contributed by atoms with E-state index in [0.29, 0.717) is 5.56 Å². The van der Waals surface area contributed by atoms with Gasteiger partial charge in [0.1, 0.15) is 5.75 Å². The van der Waals surface area contributed by atoms with Crippen molar-refractivity contribution in [2.24, 2.45) is 4.99 Å². The van der Waals surface area contributed by atoms with Gasteiger partial charge in [0.05, 0.1) is 6.42 Å². The van der Waals surface area contributed by atoms with Crippen LogP contribution in [0.3, 0.4) is 0 Å². The molecule has 0 unspecified atom stereocenters. The van der Waals surface area contributed by atoms with Gasteiger partial charge in [-0.2, -0.15) is 26.3 Å². The van der Waals surface area contributed by atoms with Crippen LogP contribution in [0.1, 0.15) is 12.0 Å². The number of aliphatic imine (C=N–C) groups is 1. The van der Waals surface area contributed by atoms with Crippen molar-refractivity contribution in [2.45, 2.75) is 25.3 Å². The van der Waals surface area contributed by atoms with Gasteiger partial charge in [0.2, 0.25) is 0 Å². The van der Waals surface area contributed by atoms with Gasteiger partial charge in [-0.3, -0.25) is 4.99 Å². The standard InChI is InChI=1S/C14H17F6N3O/c1-21-12(22-6-5-13(15,16)17)23-8-10-3-2-4-11(7-10)24-9-14(18,19)20/h2-4,7H,5-6,8-9H2,1H3,(H2,21,22,23). The van der Waals surface area contributed by atoms with Crippen molar-refractivity contribution >= 4 is 5.96 Å². The van der Waals surface area contributed by atoms with E-state index in [9.17, 15) is 26.3 Å². The number of benzene rings is 1. The quantitative estimate of drug-likeness (QED) is 0.467. The fourth-order valence-corrected chi connectivity index (χ4v) is 1.64. The summed E-state index contributed by atoms with van der Waals surface area (Å²) in [5.74, 6) is 0.201. The lowest BCUT2D eigenvalue weighted by atomic mass is 10.2. The monoisotopic (exact) mass is 357 g/mol. The van der Waals surface area contributed by atoms with Crippen molar-refractivity contribution in [3.8, 4) is 5.75 Å². The first kappa shape index (κ1) is 19.9. The van der Waals surface area contributed by atoms with E-state index >= 15 is 0 Å². The number of rotatable bonds is 6. The highest BCUT2D eigenvalue weighted by molar-refractivity contribution is 5.79. The number of nitrogens with zero attached hydrogens (tertiary/aromatic N) is 1. The number of alkyl halides is 6. The van der Waals surface area contributed by atoms with Crippen molar-refractivity contribution in [1.82, 2.24) is 10.6 Å². The number of ether oxygens (including phenoxy) is 1. The van der Waals surface area contributed by atoms with Crippen LogP contribution in [-0.2, 0) is 6.54 Å². The van der Waals surface area contributed by atoms with Crippen LogP contribution in [0.2, 0.25) is 0 Å². The van der Waals surface area contributed by atoms with Gasteiger partial charge in [-0.15, -0.1) is 0 Å². The van der Waals surface area contributed by atoms with Gasteiger partial charge in [-0.05, 0) is 17.7 Å². The maximum Gasteiger partial charge on any atom is 0.422 e. The average molecular weight is 357 g/mol. The van der Waals surface area contributed by atoms with Gasteiger partial charge in [0.25, 0.3) is 0 Å². The maximum atomic E-state index is 12.1. The highest BCUT2D eigenvalue weighted by Gasteiger charge is 2.28. The lowest BCUT2D eigenvalue weighted by Gasteiger charge is -2.14. The molecule has 0 fully saturated rings. The van der Waals surface area contributed by atoms with Crippen molar-refractivity contribution in [1.29, 1.82) is 0 Å². The molecule has 1 aromatic rings. The predicted octanol–water partition coefficient (Wildman–Crippen LogP) is 3.25. The van der Waals surface area contributed by atoms with Crippen LogP contribution >= 0.6 is 0 Å². The Kier molecular flexibility index (Phi) is 7.18. The minimum absolute atomic E-state index is 0.0478. The molecule has 136 valence electrons. The summed E-state index contributed by atoms with van der Waals surface area (Å²) in [5.41, 5.74) is 0.591. The third kappa shape index (κ3) is 9.11. The Bertz CT molecular complexity index is 542. The van der Waals surface area contributed by atoms with E-state index in [-0.39, 0.29) is 24.8 Å². The highest BCUT2D eigenvalue weighted by Crippen LogP contribution is 2.19. The van der Waals surface area contributed by atoms with Crippen molar-refractivity contribution < 1.29 is 31.1 Å². The van der Waals surface area contributed by atoms with Crippen LogP contribution in [0.4, 0.5) is 26.3 Å². The van der Waals surface area contributed by atoms with Crippen LogP contribution in [0, 0.1) is 0 Å². The molecule has 0 aromatic heterocycles. The molecule has 0 aliphatic rings. The zero-order valence-corrected chi connectivity index (χ0v) is 12.8. The molecule has 0 heterocycles. The molecule has 0 aliphatic carbocycles. The SMILES string of the molecule is CN=C(NCCC(F)(F)F)NCc1cccc(OCC(F)(F)F)c1. The molecule has 0 aliphatic heterocycles. The Hall–Kier alpha value is -2.13. The van der Waals surface area contributed by atoms with Crippen LogP contribution in [-0.4, -0.2) is 38.5 Å². The topological polar surface area (TPSA) is 45.7 Å². The van der Waals surface area contributed by atoms with E-state index in [4.69, 9.17) is 0 Å². The van der Waals surface area contributed by atoms with E-state index in [2.05, 4.69) is 20.4 Å². The van der Waals surface area contributed by atoms with E-state index in [1.807, 2.05) is 0 Å². The van der Waals surface area contributed by atoms with E-state index < -0.39 is 25.4 Å². The minimum atomic E-state index is -4.43. The number of halogens is 6. The Morgan fingerprint density at radius 1 is 1.08 bits per heavy atom. The minimum Gasteiger partial charge on any atom is -0.484 e. The Balaban J connectivity index is 2.48. The molecule has 0 saturated carbocycles. The summed E-state index contributed by atoms with van der Waals surface area (Å²) in [5, 5.41) is 5.26. The molecule has 10 heteroatoms. The molecular weight excluding hydrogens is 340 g/mol. The fourth-order valence-electron chi connectivity index (χ4n) is 1.64. The molecule has 24 heavy (non-hydrogen) atoms. The highest BCUT2D eigenvalue weighted by atomic mass is 19.4. The first-order valence-electron chi connectivity index (χ1n) is 6.89. The summed E-state index contributed by atoms with van der Waals surface area (Å²) in [6.45, 7) is -1.57. The first-order chi connectivity index (χ1) is 11.1. The van der Waals surface area contributed by atoms with E-state index in [0.717, 1.165) is 0 Å². The van der Waals surface area contributed by atoms with Crippen LogP contribution in [0.5, 0.6) is 5.75 Å². The van der Waals surface area contributed by atoms with Crippen molar-refractivity contribution in [2.75, 3.05) is 20.2 Å². The smallest absolute Gasteiger partial charge is 0.422 e. The lowest BCUT2D eigenvalue weighted by Crippen LogP contribution is -2.38. The second-order valence-corrected chi connectivity index (χ2v) is 4.77. The molecule has 1 aromatic carbocycles. The second kappa shape index (κ2) is 8.65. The van der Waals surface area contributed by atoms with E-state index in [1.165, 1.54) is 25.2 Å². The number of hydrogen-bond donors (Lipinski definition) is 2. The molecule has 0 atom stereocenters. The molecule has 0 saturated heterocycles. The van der Waals surface area contributed by atoms with Gasteiger partial charge < -0.3 is 15.4 Å². The Morgan fingerprint density at radius 3 is 2.38 bits per heavy atom. The predicted molar refractivity (Wildman–Crippen MR) is 76.9 cm³/mol. The zero-order chi connectivity index (χ0) is 18.2. The second-order valence-electron chi connectivity index (χ2n) is 4.77. The molecule has 0 spiro atoms. The Morgan fingerprint density at radius 2 is 1.79 bits per heavy atom. The van der Waals surface area contributed by atoms with Crippen LogP contribution < -0.4 is 15.4 Å². The average Bonchev–Trinajstić information content (AvgIpc) is 2.47. The van der Waals surface area contributed by atoms with E-state index in [1.54, 1.807) is 6.07 Å². The molecule has 1 rings (SSSR count). The summed E-state index contributed by atoms with van der Waals surface area (Å²) in [6, 6.07) is 5.94. The van der Waals surface area contributed by atoms with Gasteiger partial charge in [0, 0.05) is 20.1 Å². The normalized spacial score (nSPS) is 12.9. The molecule has 0 radical (unpaired) electrons. The van der Waals surface area contributed by atoms with Crippen molar-refractivity contribution in [3.05, 3.63) is 29.8 Å². The zero-order valence-electron chi connectivity index (χ0n) is 12.8. The third-order valence-corrected chi connectivity index (χ3v) is 2.69. The van der Waals surface area contributed by atoms with Gasteiger partial charge in [0.15, 0.2) is 12.6 Å². The largest absolute Gasteiger partial charge is 0.484 e. The molecular formula is C14H17F6N3O. The molecule has 2 N–H and O–H groups in total. The van der Waals surface area contributed by atoms with Crippen molar-refractivity contribution in [3.63, 3.8) is 0 Å². The summed E-state index contributed by atoms with van der Waals surface area (Å²) in [7, 11) is 1.39. The summed E-state index contributed by atoms with van der Waals surface area (Å²) < 4.78 is 77.1. The van der Waals surface area contributed by atoms with Gasteiger partial charge >= 0.3 is 12.4 Å². The Labute approximate surface area is 134 Å². The summed E-state index contributed by atoms with van der Waals surface area (Å²) >= 11 is 0. The van der Waals surface area contributed by atoms with Gasteiger partial charge in [-0.25, -0.2) is 0 Å². The summed E-state index contributed by atoms with van der Waals surface area (Å²) in [4.78, 5) is 3.76. The third-order valence-electron chi connectivity index (χ3n) is 2.69. The lowest BCUT2D eigenvalue weighted by molar-refractivity contribution is -0.153. The van der Waals surface area contributed by atoms with Crippen LogP contribution in [0.25, 0.3) is 0 Å². The summed E-state index contributed by atoms with van der Waals surface area (Å²) in [6.07, 6.45) is -9.71. The molecule has 0 amide bonds. The number of nitrogens with one attached hydrogen (secondary N) is 2. The number of hydrogen-bond acceptors (Lipinski definition) is 2.